The third-order valence-electron chi connectivity index (χ3n) is 5.25. The number of rotatable bonds is 6. The van der Waals surface area contributed by atoms with E-state index in [2.05, 4.69) is 18.2 Å². The van der Waals surface area contributed by atoms with Crippen molar-refractivity contribution < 1.29 is 28.1 Å². The molecule has 5 heteroatoms. The maximum Gasteiger partial charge on any atom is 0 e. The van der Waals surface area contributed by atoms with Crippen LogP contribution < -0.4 is 0 Å². The fourth-order valence-electron chi connectivity index (χ4n) is 3.78. The summed E-state index contributed by atoms with van der Waals surface area (Å²) >= 11 is 0. The molecule has 0 heterocycles. The van der Waals surface area contributed by atoms with Gasteiger partial charge in [0.25, 0.3) is 0 Å². The SMILES string of the molecule is [B]=Cc1cc(C(CN(C)C(=O)C(C)=O)C2CCCCC2)ccc1C.[V]. The number of benzene rings is 1. The summed E-state index contributed by atoms with van der Waals surface area (Å²) in [5.41, 5.74) is 3.40. The van der Waals surface area contributed by atoms with Crippen LogP contribution in [-0.4, -0.2) is 43.6 Å². The second-order valence-corrected chi connectivity index (χ2v) is 7.03. The first-order valence-electron chi connectivity index (χ1n) is 8.85. The Morgan fingerprint density at radius 3 is 2.48 bits per heavy atom. The van der Waals surface area contributed by atoms with Gasteiger partial charge in [-0.25, -0.2) is 0 Å². The average Bonchev–Trinajstić information content (AvgIpc) is 2.60. The van der Waals surface area contributed by atoms with Crippen molar-refractivity contribution >= 4 is 25.1 Å². The quantitative estimate of drug-likeness (QED) is 0.566. The van der Waals surface area contributed by atoms with Crippen molar-refractivity contribution in [2.45, 2.75) is 51.9 Å². The number of carbonyl (C=O) groups excluding carboxylic acids is 2. The van der Waals surface area contributed by atoms with Crippen LogP contribution in [0.5, 0.6) is 0 Å². The van der Waals surface area contributed by atoms with E-state index in [4.69, 9.17) is 7.49 Å². The van der Waals surface area contributed by atoms with Gasteiger partial charge < -0.3 is 0 Å². The number of hydrogen-bond donors (Lipinski definition) is 0. The average molecular weight is 375 g/mol. The predicted octanol–water partition coefficient (Wildman–Crippen LogP) is 3.02. The van der Waals surface area contributed by atoms with Crippen molar-refractivity contribution in [2.24, 2.45) is 5.92 Å². The summed E-state index contributed by atoms with van der Waals surface area (Å²) in [5.74, 6) is 1.63. The molecule has 25 heavy (non-hydrogen) atoms. The minimum Gasteiger partial charge on any atom is 0 e. The van der Waals surface area contributed by atoms with Crippen LogP contribution in [0.3, 0.4) is 0 Å². The number of aryl methyl sites for hydroxylation is 1. The molecule has 1 aromatic rings. The van der Waals surface area contributed by atoms with Crippen molar-refractivity contribution in [2.75, 3.05) is 13.6 Å². The molecule has 0 spiro atoms. The van der Waals surface area contributed by atoms with Gasteiger partial charge in [-0.3, -0.25) is 0 Å². The van der Waals surface area contributed by atoms with Crippen LogP contribution in [0.1, 0.15) is 61.6 Å². The molecule has 2 radical (unpaired) electrons. The van der Waals surface area contributed by atoms with Gasteiger partial charge in [-0.2, -0.15) is 0 Å². The van der Waals surface area contributed by atoms with Gasteiger partial charge in [0, 0.05) is 18.6 Å². The van der Waals surface area contributed by atoms with E-state index in [9.17, 15) is 9.59 Å². The van der Waals surface area contributed by atoms with Crippen LogP contribution in [0, 0.1) is 12.8 Å². The van der Waals surface area contributed by atoms with Gasteiger partial charge in [0.1, 0.15) is 0 Å². The van der Waals surface area contributed by atoms with E-state index in [-0.39, 0.29) is 24.5 Å². The Bertz CT molecular complexity index is 626. The van der Waals surface area contributed by atoms with E-state index >= 15 is 0 Å². The smallest absolute Gasteiger partial charge is 0 e. The van der Waals surface area contributed by atoms with Crippen LogP contribution in [0.15, 0.2) is 18.2 Å². The maximum atomic E-state index is 12.0. The number of Topliss-reactive ketones (excluding diaryl/α,β-unsaturated/α-hetero) is 1. The molecule has 1 amide bonds. The van der Waals surface area contributed by atoms with E-state index < -0.39 is 11.7 Å². The van der Waals surface area contributed by atoms with E-state index in [1.54, 1.807) is 17.9 Å². The molecule has 1 fully saturated rings. The molecule has 1 unspecified atom stereocenters. The van der Waals surface area contributed by atoms with Crippen molar-refractivity contribution in [3.8, 4) is 0 Å². The molecular weight excluding hydrogens is 348 g/mol. The van der Waals surface area contributed by atoms with Gasteiger partial charge in [-0.1, -0.05) is 0 Å². The number of amides is 1. The molecule has 0 saturated heterocycles. The van der Waals surface area contributed by atoms with Gasteiger partial charge in [0.15, 0.2) is 0 Å². The van der Waals surface area contributed by atoms with E-state index in [0.717, 1.165) is 11.1 Å². The second kappa shape index (κ2) is 10.1. The van der Waals surface area contributed by atoms with Gasteiger partial charge in [0.05, 0.1) is 0 Å². The normalized spacial score (nSPS) is 15.8. The van der Waals surface area contributed by atoms with Crippen molar-refractivity contribution in [1.29, 1.82) is 0 Å². The zero-order chi connectivity index (χ0) is 17.7. The number of ketones is 1. The summed E-state index contributed by atoms with van der Waals surface area (Å²) in [6.07, 6.45) is 6.15. The molecular formula is C20H27BNO2V. The first-order valence-corrected chi connectivity index (χ1v) is 8.85. The van der Waals surface area contributed by atoms with Crippen LogP contribution in [0.2, 0.25) is 0 Å². The largest absolute Gasteiger partial charge is 0 e. The van der Waals surface area contributed by atoms with Crippen LogP contribution in [0.4, 0.5) is 0 Å². The molecule has 3 nitrogen and oxygen atoms in total. The Kier molecular flexibility index (Phi) is 8.88. The second-order valence-electron chi connectivity index (χ2n) is 7.03. The molecule has 1 atom stereocenters. The number of likely N-dealkylation sites (N-methyl/N-ethyl adjacent to an activating group) is 1. The first kappa shape index (κ1) is 21.9. The summed E-state index contributed by atoms with van der Waals surface area (Å²) in [7, 11) is 7.48. The van der Waals surface area contributed by atoms with Crippen molar-refractivity contribution in [1.82, 2.24) is 4.90 Å². The van der Waals surface area contributed by atoms with Crippen molar-refractivity contribution in [3.05, 3.63) is 34.9 Å². The Balaban J connectivity index is 0.00000312. The van der Waals surface area contributed by atoms with Gasteiger partial charge in [0.2, 0.25) is 0 Å². The molecule has 132 valence electrons. The topological polar surface area (TPSA) is 37.4 Å². The number of hydrogen-bond acceptors (Lipinski definition) is 2. The molecule has 1 saturated carbocycles. The Morgan fingerprint density at radius 2 is 1.92 bits per heavy atom. The van der Waals surface area contributed by atoms with E-state index in [1.807, 2.05) is 6.92 Å². The van der Waals surface area contributed by atoms with Crippen LogP contribution >= 0.6 is 0 Å². The summed E-state index contributed by atoms with van der Waals surface area (Å²) < 4.78 is 0. The molecule has 1 aliphatic rings. The molecule has 0 aromatic heterocycles. The van der Waals surface area contributed by atoms with E-state index in [0.29, 0.717) is 12.5 Å². The number of nitrogens with zero attached hydrogens (tertiary/aromatic N) is 1. The monoisotopic (exact) mass is 375 g/mol. The zero-order valence-corrected chi connectivity index (χ0v) is 16.9. The van der Waals surface area contributed by atoms with Crippen LogP contribution in [-0.2, 0) is 28.1 Å². The molecule has 1 aliphatic carbocycles. The summed E-state index contributed by atoms with van der Waals surface area (Å²) in [6, 6.07) is 6.38. The fraction of sp³-hybridized carbons (Fsp3) is 0.550. The summed E-state index contributed by atoms with van der Waals surface area (Å²) in [6.45, 7) is 3.96. The fourth-order valence-corrected chi connectivity index (χ4v) is 3.78. The third kappa shape index (κ3) is 5.69. The molecule has 0 bridgehead atoms. The third-order valence-corrected chi connectivity index (χ3v) is 5.25. The first-order chi connectivity index (χ1) is 11.4. The van der Waals surface area contributed by atoms with Gasteiger partial charge in [-0.05, 0) is 0 Å². The number of carbonyl (C=O) groups is 2. The summed E-state index contributed by atoms with van der Waals surface area (Å²) in [5, 5.41) is 0. The zero-order valence-electron chi connectivity index (χ0n) is 15.5. The maximum absolute atomic E-state index is 12.0. The predicted molar refractivity (Wildman–Crippen MR) is 99.7 cm³/mol. The van der Waals surface area contributed by atoms with Gasteiger partial charge >= 0.3 is 146 Å². The standard InChI is InChI=1S/C20H27BNO2.V/c1-14-9-10-17(11-18(14)12-21)19(16-7-5-4-6-8-16)13-22(3)20(24)15(2)23;/h9-12,16,19H,4-8,13H2,1-3H3;. The molecule has 2 rings (SSSR count). The Hall–Kier alpha value is -1.12. The molecule has 1 aromatic carbocycles. The minimum absolute atomic E-state index is 0. The van der Waals surface area contributed by atoms with Gasteiger partial charge in [-0.15, -0.1) is 0 Å². The Labute approximate surface area is 164 Å². The summed E-state index contributed by atoms with van der Waals surface area (Å²) in [4.78, 5) is 25.0. The molecule has 0 aliphatic heterocycles. The minimum atomic E-state index is -0.409. The van der Waals surface area contributed by atoms with Crippen LogP contribution in [0.25, 0.3) is 0 Å². The molecule has 0 N–H and O–H groups in total. The Morgan fingerprint density at radius 1 is 1.28 bits per heavy atom. The van der Waals surface area contributed by atoms with E-state index in [1.165, 1.54) is 44.6 Å². The van der Waals surface area contributed by atoms with Crippen molar-refractivity contribution in [3.63, 3.8) is 0 Å².